The molecule has 208 valence electrons. The van der Waals surface area contributed by atoms with Crippen LogP contribution in [-0.4, -0.2) is 29.3 Å². The minimum absolute atomic E-state index is 0.0682. The molecule has 0 aliphatic heterocycles. The molecule has 3 aromatic rings. The van der Waals surface area contributed by atoms with Gasteiger partial charge in [0.15, 0.2) is 0 Å². The summed E-state index contributed by atoms with van der Waals surface area (Å²) in [5.41, 5.74) is 4.16. The molecule has 0 spiro atoms. The Kier molecular flexibility index (Phi) is 11.4. The van der Waals surface area contributed by atoms with Crippen LogP contribution in [0.1, 0.15) is 69.2 Å². The Morgan fingerprint density at radius 1 is 0.923 bits per heavy atom. The second-order valence-corrected chi connectivity index (χ2v) is 11.9. The first kappa shape index (κ1) is 30.7. The number of rotatable bonds is 12. The number of amides is 2. The van der Waals surface area contributed by atoms with Gasteiger partial charge in [-0.3, -0.25) is 9.59 Å². The maximum atomic E-state index is 13.9. The molecule has 2 amide bonds. The van der Waals surface area contributed by atoms with E-state index in [-0.39, 0.29) is 30.2 Å². The van der Waals surface area contributed by atoms with Gasteiger partial charge in [0.05, 0.1) is 0 Å². The first-order chi connectivity index (χ1) is 18.6. The third kappa shape index (κ3) is 9.40. The van der Waals surface area contributed by atoms with Crippen LogP contribution in [0.5, 0.6) is 0 Å². The van der Waals surface area contributed by atoms with Gasteiger partial charge in [-0.15, -0.1) is 0 Å². The highest BCUT2D eigenvalue weighted by Gasteiger charge is 2.30. The molecular formula is C33H40Cl2N2O2. The SMILES string of the molecule is CCCCNC(=O)[C@@H](Cc1ccccc1)N(Cc1ccc(Cl)cc1Cl)C(=O)CCc1ccc(C(C)(C)C)cc1. The number of hydrogen-bond acceptors (Lipinski definition) is 2. The summed E-state index contributed by atoms with van der Waals surface area (Å²) in [6, 6.07) is 22.8. The lowest BCUT2D eigenvalue weighted by Crippen LogP contribution is -2.50. The highest BCUT2D eigenvalue weighted by Crippen LogP contribution is 2.25. The van der Waals surface area contributed by atoms with Gasteiger partial charge >= 0.3 is 0 Å². The normalized spacial score (nSPS) is 12.2. The van der Waals surface area contributed by atoms with Gasteiger partial charge in [0, 0.05) is 36.0 Å². The van der Waals surface area contributed by atoms with Crippen molar-refractivity contribution in [1.29, 1.82) is 0 Å². The fraction of sp³-hybridized carbons (Fsp3) is 0.394. The molecule has 1 atom stereocenters. The first-order valence-corrected chi connectivity index (χ1v) is 14.5. The molecule has 6 heteroatoms. The van der Waals surface area contributed by atoms with Gasteiger partial charge in [-0.1, -0.05) is 118 Å². The summed E-state index contributed by atoms with van der Waals surface area (Å²) >= 11 is 12.7. The Balaban J connectivity index is 1.89. The second-order valence-electron chi connectivity index (χ2n) is 11.1. The van der Waals surface area contributed by atoms with E-state index in [0.717, 1.165) is 29.5 Å². The number of halogens is 2. The highest BCUT2D eigenvalue weighted by atomic mass is 35.5. The predicted molar refractivity (Wildman–Crippen MR) is 162 cm³/mol. The van der Waals surface area contributed by atoms with Crippen LogP contribution in [0.25, 0.3) is 0 Å². The molecule has 0 saturated carbocycles. The van der Waals surface area contributed by atoms with Crippen molar-refractivity contribution in [2.45, 2.75) is 77.8 Å². The van der Waals surface area contributed by atoms with Gasteiger partial charge in [0.1, 0.15) is 6.04 Å². The predicted octanol–water partition coefficient (Wildman–Crippen LogP) is 7.78. The Morgan fingerprint density at radius 3 is 2.23 bits per heavy atom. The second kappa shape index (κ2) is 14.5. The third-order valence-electron chi connectivity index (χ3n) is 6.90. The Morgan fingerprint density at radius 2 is 1.62 bits per heavy atom. The molecule has 39 heavy (non-hydrogen) atoms. The molecule has 0 bridgehead atoms. The number of unbranched alkanes of at least 4 members (excludes halogenated alkanes) is 1. The zero-order valence-corrected chi connectivity index (χ0v) is 25.0. The largest absolute Gasteiger partial charge is 0.354 e. The van der Waals surface area contributed by atoms with Crippen LogP contribution >= 0.6 is 23.2 Å². The van der Waals surface area contributed by atoms with Crippen molar-refractivity contribution in [3.8, 4) is 0 Å². The van der Waals surface area contributed by atoms with Gasteiger partial charge in [0.25, 0.3) is 0 Å². The number of benzene rings is 3. The van der Waals surface area contributed by atoms with Gasteiger partial charge < -0.3 is 10.2 Å². The Bertz CT molecular complexity index is 1220. The van der Waals surface area contributed by atoms with E-state index in [9.17, 15) is 9.59 Å². The van der Waals surface area contributed by atoms with E-state index in [1.54, 1.807) is 17.0 Å². The van der Waals surface area contributed by atoms with Crippen molar-refractivity contribution in [3.63, 3.8) is 0 Å². The topological polar surface area (TPSA) is 49.4 Å². The Labute approximate surface area is 243 Å². The standard InChI is InChI=1S/C33H40Cl2N2O2/c1-5-6-20-36-32(39)30(21-25-10-8-7-9-11-25)37(23-26-15-18-28(34)22-29(26)35)31(38)19-14-24-12-16-27(17-13-24)33(2,3)4/h7-13,15-18,22,30H,5-6,14,19-21,23H2,1-4H3,(H,36,39)/t30-/m1/s1. The van der Waals surface area contributed by atoms with Crippen LogP contribution in [0.2, 0.25) is 10.0 Å². The third-order valence-corrected chi connectivity index (χ3v) is 7.49. The van der Waals surface area contributed by atoms with Crippen LogP contribution in [0.3, 0.4) is 0 Å². The van der Waals surface area contributed by atoms with Crippen molar-refractivity contribution < 1.29 is 9.59 Å². The maximum Gasteiger partial charge on any atom is 0.243 e. The minimum Gasteiger partial charge on any atom is -0.354 e. The number of hydrogen-bond donors (Lipinski definition) is 1. The quantitative estimate of drug-likeness (QED) is 0.227. The minimum atomic E-state index is -0.674. The van der Waals surface area contributed by atoms with Crippen LogP contribution in [0.15, 0.2) is 72.8 Å². The van der Waals surface area contributed by atoms with Crippen molar-refractivity contribution >= 4 is 35.0 Å². The summed E-state index contributed by atoms with van der Waals surface area (Å²) in [5.74, 6) is -0.243. The molecule has 0 aliphatic rings. The maximum absolute atomic E-state index is 13.9. The Hall–Kier alpha value is -2.82. The smallest absolute Gasteiger partial charge is 0.243 e. The monoisotopic (exact) mass is 566 g/mol. The number of carbonyl (C=O) groups excluding carboxylic acids is 2. The average molecular weight is 568 g/mol. The summed E-state index contributed by atoms with van der Waals surface area (Å²) in [4.78, 5) is 29.1. The molecule has 0 fully saturated rings. The highest BCUT2D eigenvalue weighted by molar-refractivity contribution is 6.35. The molecule has 0 saturated heterocycles. The van der Waals surface area contributed by atoms with Gasteiger partial charge in [-0.05, 0) is 52.6 Å². The van der Waals surface area contributed by atoms with Crippen LogP contribution < -0.4 is 5.32 Å². The lowest BCUT2D eigenvalue weighted by molar-refractivity contribution is -0.141. The summed E-state index contributed by atoms with van der Waals surface area (Å²) in [6.45, 7) is 9.43. The molecule has 0 aromatic heterocycles. The lowest BCUT2D eigenvalue weighted by atomic mass is 9.86. The van der Waals surface area contributed by atoms with Crippen molar-refractivity contribution in [2.75, 3.05) is 6.54 Å². The molecule has 3 rings (SSSR count). The molecule has 4 nitrogen and oxygen atoms in total. The fourth-order valence-corrected chi connectivity index (χ4v) is 4.93. The number of nitrogens with one attached hydrogen (secondary N) is 1. The zero-order valence-electron chi connectivity index (χ0n) is 23.5. The number of nitrogens with zero attached hydrogens (tertiary/aromatic N) is 1. The van der Waals surface area contributed by atoms with Crippen molar-refractivity contribution in [2.24, 2.45) is 0 Å². The molecular weight excluding hydrogens is 527 g/mol. The van der Waals surface area contributed by atoms with Crippen LogP contribution in [0, 0.1) is 0 Å². The zero-order chi connectivity index (χ0) is 28.4. The van der Waals surface area contributed by atoms with E-state index in [0.29, 0.717) is 29.4 Å². The van der Waals surface area contributed by atoms with E-state index in [2.05, 4.69) is 57.3 Å². The fourth-order valence-electron chi connectivity index (χ4n) is 4.46. The van der Waals surface area contributed by atoms with Gasteiger partial charge in [0.2, 0.25) is 11.8 Å². The van der Waals surface area contributed by atoms with Crippen molar-refractivity contribution in [1.82, 2.24) is 10.2 Å². The van der Waals surface area contributed by atoms with Crippen LogP contribution in [-0.2, 0) is 34.4 Å². The summed E-state index contributed by atoms with van der Waals surface area (Å²) in [6.07, 6.45) is 3.14. The average Bonchev–Trinajstić information content (AvgIpc) is 2.90. The first-order valence-electron chi connectivity index (χ1n) is 13.7. The molecule has 0 radical (unpaired) electrons. The molecule has 0 aliphatic carbocycles. The summed E-state index contributed by atoms with van der Waals surface area (Å²) < 4.78 is 0. The lowest BCUT2D eigenvalue weighted by Gasteiger charge is -2.32. The van der Waals surface area contributed by atoms with Gasteiger partial charge in [-0.25, -0.2) is 0 Å². The van der Waals surface area contributed by atoms with Crippen molar-refractivity contribution in [3.05, 3.63) is 105 Å². The van der Waals surface area contributed by atoms with E-state index >= 15 is 0 Å². The molecule has 0 unspecified atom stereocenters. The van der Waals surface area contributed by atoms with E-state index in [4.69, 9.17) is 23.2 Å². The summed E-state index contributed by atoms with van der Waals surface area (Å²) in [7, 11) is 0. The number of carbonyl (C=O) groups is 2. The van der Waals surface area contributed by atoms with E-state index in [1.165, 1.54) is 5.56 Å². The van der Waals surface area contributed by atoms with Crippen LogP contribution in [0.4, 0.5) is 0 Å². The molecule has 1 N–H and O–H groups in total. The van der Waals surface area contributed by atoms with E-state index in [1.807, 2.05) is 36.4 Å². The molecule has 0 heterocycles. The molecule has 3 aromatic carbocycles. The summed E-state index contributed by atoms with van der Waals surface area (Å²) in [5, 5.41) is 4.06. The van der Waals surface area contributed by atoms with E-state index < -0.39 is 6.04 Å². The van der Waals surface area contributed by atoms with Gasteiger partial charge in [-0.2, -0.15) is 0 Å². The number of aryl methyl sites for hydroxylation is 1.